The molecule has 0 amide bonds. The van der Waals surface area contributed by atoms with Gasteiger partial charge in [0.15, 0.2) is 0 Å². The summed E-state index contributed by atoms with van der Waals surface area (Å²) in [4.78, 5) is 12.0. The molecule has 1 aliphatic rings. The van der Waals surface area contributed by atoms with E-state index in [0.717, 1.165) is 24.0 Å². The van der Waals surface area contributed by atoms with Crippen molar-refractivity contribution in [3.8, 4) is 0 Å². The fourth-order valence-electron chi connectivity index (χ4n) is 5.07. The van der Waals surface area contributed by atoms with Crippen molar-refractivity contribution in [1.82, 2.24) is 0 Å². The Morgan fingerprint density at radius 3 is 2.28 bits per heavy atom. The van der Waals surface area contributed by atoms with E-state index in [1.807, 2.05) is 30.3 Å². The van der Waals surface area contributed by atoms with Crippen molar-refractivity contribution in [2.24, 2.45) is 0 Å². The first-order valence-electron chi connectivity index (χ1n) is 10.3. The van der Waals surface area contributed by atoms with Crippen LogP contribution in [0.2, 0.25) is 0 Å². The molecule has 0 saturated carbocycles. The third-order valence-corrected chi connectivity index (χ3v) is 6.53. The number of nitro groups is 1. The predicted molar refractivity (Wildman–Crippen MR) is 118 cm³/mol. The van der Waals surface area contributed by atoms with Crippen LogP contribution in [0.3, 0.4) is 0 Å². The highest BCUT2D eigenvalue weighted by molar-refractivity contribution is 6.10. The molecule has 4 aromatic carbocycles. The predicted octanol–water partition coefficient (Wildman–Crippen LogP) is 6.08. The van der Waals surface area contributed by atoms with Gasteiger partial charge in [-0.1, -0.05) is 79.7 Å². The molecule has 4 aromatic rings. The summed E-state index contributed by atoms with van der Waals surface area (Å²) in [5.74, 6) is -0.0812. The fourth-order valence-corrected chi connectivity index (χ4v) is 5.07. The van der Waals surface area contributed by atoms with Crippen LogP contribution in [0.5, 0.6) is 0 Å². The first-order chi connectivity index (χ1) is 14.2. The van der Waals surface area contributed by atoms with E-state index >= 15 is 0 Å². The molecule has 0 aliphatic heterocycles. The SMILES string of the molecule is CCc1cc2c3c(ccc2c2ccccc12)C[C@@H](c1ccccc1)[C@@H]([N+](=O)[O-])C3. The Balaban J connectivity index is 1.73. The van der Waals surface area contributed by atoms with Crippen LogP contribution in [-0.2, 0) is 19.3 Å². The van der Waals surface area contributed by atoms with Gasteiger partial charge in [-0.15, -0.1) is 0 Å². The van der Waals surface area contributed by atoms with E-state index in [0.29, 0.717) is 6.42 Å². The third kappa shape index (κ3) is 2.89. The molecule has 2 atom stereocenters. The van der Waals surface area contributed by atoms with Crippen LogP contribution in [0.4, 0.5) is 0 Å². The number of rotatable bonds is 3. The van der Waals surface area contributed by atoms with Gasteiger partial charge < -0.3 is 0 Å². The largest absolute Gasteiger partial charge is 0.264 e. The summed E-state index contributed by atoms with van der Waals surface area (Å²) >= 11 is 0. The Morgan fingerprint density at radius 1 is 0.862 bits per heavy atom. The van der Waals surface area contributed by atoms with E-state index < -0.39 is 6.04 Å². The smallest absolute Gasteiger partial charge is 0.224 e. The van der Waals surface area contributed by atoms with Crippen molar-refractivity contribution in [3.63, 3.8) is 0 Å². The lowest BCUT2D eigenvalue weighted by Gasteiger charge is -2.29. The summed E-state index contributed by atoms with van der Waals surface area (Å²) in [6.45, 7) is 2.17. The highest BCUT2D eigenvalue weighted by atomic mass is 16.6. The number of hydrogen-bond acceptors (Lipinski definition) is 2. The van der Waals surface area contributed by atoms with Crippen molar-refractivity contribution in [1.29, 1.82) is 0 Å². The van der Waals surface area contributed by atoms with Crippen molar-refractivity contribution in [2.45, 2.75) is 38.1 Å². The Morgan fingerprint density at radius 2 is 1.55 bits per heavy atom. The second-order valence-corrected chi connectivity index (χ2v) is 8.01. The Kier molecular flexibility index (Phi) is 4.31. The fraction of sp³-hybridized carbons (Fsp3) is 0.231. The molecular weight excluding hydrogens is 358 g/mol. The summed E-state index contributed by atoms with van der Waals surface area (Å²) in [5.41, 5.74) is 4.79. The van der Waals surface area contributed by atoms with Crippen molar-refractivity contribution < 1.29 is 4.92 Å². The molecule has 0 spiro atoms. The highest BCUT2D eigenvalue weighted by Gasteiger charge is 2.38. The van der Waals surface area contributed by atoms with Gasteiger partial charge in [-0.05, 0) is 56.6 Å². The molecule has 0 saturated heterocycles. The quantitative estimate of drug-likeness (QED) is 0.245. The van der Waals surface area contributed by atoms with Gasteiger partial charge in [-0.2, -0.15) is 0 Å². The normalized spacial score (nSPS) is 18.7. The summed E-state index contributed by atoms with van der Waals surface area (Å²) in [6.07, 6.45) is 2.15. The average Bonchev–Trinajstić information content (AvgIpc) is 2.77. The number of nitrogens with zero attached hydrogens (tertiary/aromatic N) is 1. The lowest BCUT2D eigenvalue weighted by Crippen LogP contribution is -2.35. The minimum atomic E-state index is -0.591. The summed E-state index contributed by atoms with van der Waals surface area (Å²) in [7, 11) is 0. The van der Waals surface area contributed by atoms with Gasteiger partial charge in [0.05, 0.1) is 5.92 Å². The summed E-state index contributed by atoms with van der Waals surface area (Å²) in [5, 5.41) is 16.9. The van der Waals surface area contributed by atoms with Gasteiger partial charge in [0.2, 0.25) is 6.04 Å². The van der Waals surface area contributed by atoms with Crippen LogP contribution in [-0.4, -0.2) is 11.0 Å². The van der Waals surface area contributed by atoms with E-state index in [2.05, 4.69) is 49.4 Å². The van der Waals surface area contributed by atoms with Gasteiger partial charge in [0.1, 0.15) is 0 Å². The molecule has 0 heterocycles. The van der Waals surface area contributed by atoms with Gasteiger partial charge in [-0.25, -0.2) is 0 Å². The maximum atomic E-state index is 12.0. The van der Waals surface area contributed by atoms with Crippen LogP contribution >= 0.6 is 0 Å². The van der Waals surface area contributed by atoms with Gasteiger partial charge >= 0.3 is 0 Å². The van der Waals surface area contributed by atoms with Crippen LogP contribution in [0.1, 0.15) is 35.1 Å². The van der Waals surface area contributed by atoms with E-state index in [-0.39, 0.29) is 10.8 Å². The first kappa shape index (κ1) is 17.9. The van der Waals surface area contributed by atoms with Crippen LogP contribution < -0.4 is 0 Å². The molecule has 144 valence electrons. The number of benzene rings is 4. The molecule has 3 nitrogen and oxygen atoms in total. The third-order valence-electron chi connectivity index (χ3n) is 6.53. The summed E-state index contributed by atoms with van der Waals surface area (Å²) in [6, 6.07) is 24.6. The van der Waals surface area contributed by atoms with Crippen LogP contribution in [0, 0.1) is 10.1 Å². The van der Waals surface area contributed by atoms with E-state index in [9.17, 15) is 10.1 Å². The Bertz CT molecular complexity index is 1230. The lowest BCUT2D eigenvalue weighted by molar-refractivity contribution is -0.527. The molecule has 3 heteroatoms. The van der Waals surface area contributed by atoms with E-state index in [1.54, 1.807) is 0 Å². The van der Waals surface area contributed by atoms with Gasteiger partial charge in [-0.3, -0.25) is 10.1 Å². The van der Waals surface area contributed by atoms with Crippen molar-refractivity contribution >= 4 is 21.5 Å². The Hall–Kier alpha value is -3.20. The second-order valence-electron chi connectivity index (χ2n) is 8.01. The van der Waals surface area contributed by atoms with E-state index in [4.69, 9.17) is 0 Å². The van der Waals surface area contributed by atoms with Gasteiger partial charge in [0, 0.05) is 11.3 Å². The molecule has 0 radical (unpaired) electrons. The average molecular weight is 381 g/mol. The molecule has 0 N–H and O–H groups in total. The molecule has 0 fully saturated rings. The molecule has 0 bridgehead atoms. The van der Waals surface area contributed by atoms with E-state index in [1.165, 1.54) is 32.7 Å². The van der Waals surface area contributed by atoms with Crippen molar-refractivity contribution in [2.75, 3.05) is 0 Å². The van der Waals surface area contributed by atoms with Crippen LogP contribution in [0.15, 0.2) is 72.8 Å². The zero-order valence-corrected chi connectivity index (χ0v) is 16.5. The zero-order chi connectivity index (χ0) is 20.0. The number of aryl methyl sites for hydroxylation is 1. The second kappa shape index (κ2) is 7.00. The molecular formula is C26H23NO2. The lowest BCUT2D eigenvalue weighted by atomic mass is 9.75. The minimum Gasteiger partial charge on any atom is -0.264 e. The maximum Gasteiger partial charge on any atom is 0.224 e. The standard InChI is InChI=1S/C26H23NO2/c1-2-17-14-25-22(21-11-7-6-10-20(17)21)13-12-19-15-24(18-8-4-3-5-9-18)26(27(28)29)16-23(19)25/h3-14,24,26H,2,15-16H2,1H3/t24-,26-/m0/s1. The van der Waals surface area contributed by atoms with Crippen LogP contribution in [0.25, 0.3) is 21.5 Å². The topological polar surface area (TPSA) is 43.1 Å². The highest BCUT2D eigenvalue weighted by Crippen LogP contribution is 2.40. The molecule has 0 aromatic heterocycles. The number of fused-ring (bicyclic) bond motifs is 5. The maximum absolute atomic E-state index is 12.0. The Labute approximate surface area is 170 Å². The first-order valence-corrected chi connectivity index (χ1v) is 10.3. The molecule has 5 rings (SSSR count). The van der Waals surface area contributed by atoms with Gasteiger partial charge in [0.25, 0.3) is 0 Å². The monoisotopic (exact) mass is 381 g/mol. The molecule has 29 heavy (non-hydrogen) atoms. The molecule has 0 unspecified atom stereocenters. The zero-order valence-electron chi connectivity index (χ0n) is 16.5. The summed E-state index contributed by atoms with van der Waals surface area (Å²) < 4.78 is 0. The number of hydrogen-bond donors (Lipinski definition) is 0. The minimum absolute atomic E-state index is 0.0682. The van der Waals surface area contributed by atoms with Crippen molar-refractivity contribution in [3.05, 3.63) is 105 Å². The molecule has 1 aliphatic carbocycles.